The third-order valence-corrected chi connectivity index (χ3v) is 7.38. The number of hydrogen-bond donors (Lipinski definition) is 0. The molecule has 2 aromatic heterocycles. The van der Waals surface area contributed by atoms with Gasteiger partial charge in [-0.15, -0.1) is 0 Å². The summed E-state index contributed by atoms with van der Waals surface area (Å²) < 4.78 is 48.3. The Kier molecular flexibility index (Phi) is 8.76. The van der Waals surface area contributed by atoms with Crippen molar-refractivity contribution in [3.8, 4) is 11.1 Å². The van der Waals surface area contributed by atoms with E-state index in [1.807, 2.05) is 19.0 Å². The van der Waals surface area contributed by atoms with Gasteiger partial charge in [-0.05, 0) is 43.8 Å². The zero-order valence-electron chi connectivity index (χ0n) is 22.2. The number of aromatic nitrogens is 2. The van der Waals surface area contributed by atoms with E-state index in [4.69, 9.17) is 11.3 Å². The van der Waals surface area contributed by atoms with Crippen LogP contribution in [-0.2, 0) is 33.6 Å². The molecule has 0 saturated carbocycles. The molecule has 1 aliphatic rings. The summed E-state index contributed by atoms with van der Waals surface area (Å²) in [5.74, 6) is -1.39. The molecule has 8 nitrogen and oxygen atoms in total. The summed E-state index contributed by atoms with van der Waals surface area (Å²) in [6.07, 6.45) is -0.321. The number of rotatable bonds is 8. The van der Waals surface area contributed by atoms with E-state index in [-0.39, 0.29) is 30.2 Å². The minimum absolute atomic E-state index is 0.0960. The normalized spacial score (nSPS) is 15.3. The Morgan fingerprint density at radius 3 is 2.67 bits per heavy atom. The minimum atomic E-state index is -4.78. The number of ether oxygens (including phenoxy) is 1. The van der Waals surface area contributed by atoms with E-state index < -0.39 is 30.3 Å². The Hall–Kier alpha value is -3.95. The van der Waals surface area contributed by atoms with Gasteiger partial charge in [0, 0.05) is 41.7 Å². The Balaban J connectivity index is 1.80. The second-order valence-electron chi connectivity index (χ2n) is 9.49. The lowest BCUT2D eigenvalue weighted by Gasteiger charge is -2.34. The Bertz CT molecular complexity index is 1470. The van der Waals surface area contributed by atoms with Gasteiger partial charge in [0.25, 0.3) is 0 Å². The number of halogens is 3. The van der Waals surface area contributed by atoms with Crippen molar-refractivity contribution in [1.82, 2.24) is 19.6 Å². The molecule has 12 heteroatoms. The molecule has 4 rings (SSSR count). The molecule has 3 aromatic rings. The molecule has 0 spiro atoms. The van der Waals surface area contributed by atoms with Gasteiger partial charge < -0.3 is 14.5 Å². The lowest BCUT2D eigenvalue weighted by Crippen LogP contribution is -2.37. The second kappa shape index (κ2) is 12.1. The van der Waals surface area contributed by atoms with Crippen LogP contribution in [0.4, 0.5) is 18.2 Å². The van der Waals surface area contributed by atoms with Crippen molar-refractivity contribution in [2.75, 3.05) is 33.8 Å². The van der Waals surface area contributed by atoms with E-state index in [1.54, 1.807) is 48.2 Å². The first-order valence-electron chi connectivity index (χ1n) is 12.5. The van der Waals surface area contributed by atoms with Crippen LogP contribution in [0.5, 0.6) is 0 Å². The predicted molar refractivity (Wildman–Crippen MR) is 145 cm³/mol. The second-order valence-corrected chi connectivity index (χ2v) is 10.6. The largest absolute Gasteiger partial charge is 0.465 e. The average molecular weight is 572 g/mol. The molecule has 0 unspecified atom stereocenters. The molecular weight excluding hydrogens is 543 g/mol. The molecule has 0 N–H and O–H groups in total. The third-order valence-electron chi connectivity index (χ3n) is 6.35. The van der Waals surface area contributed by atoms with Crippen molar-refractivity contribution in [3.63, 3.8) is 0 Å². The molecule has 0 radical (unpaired) electrons. The van der Waals surface area contributed by atoms with Crippen LogP contribution in [-0.4, -0.2) is 65.2 Å². The number of nitrogens with zero attached hydrogens (tertiary/aromatic N) is 5. The minimum Gasteiger partial charge on any atom is -0.465 e. The summed E-state index contributed by atoms with van der Waals surface area (Å²) in [5.41, 5.74) is 0.371. The van der Waals surface area contributed by atoms with E-state index in [0.29, 0.717) is 23.7 Å². The first-order chi connectivity index (χ1) is 19.0. The van der Waals surface area contributed by atoms with Gasteiger partial charge in [0.05, 0.1) is 19.7 Å². The molecule has 1 amide bonds. The van der Waals surface area contributed by atoms with Gasteiger partial charge in [0.15, 0.2) is 5.69 Å². The van der Waals surface area contributed by atoms with Crippen molar-refractivity contribution < 1.29 is 27.5 Å². The molecule has 40 heavy (non-hydrogen) atoms. The molecule has 1 aromatic carbocycles. The summed E-state index contributed by atoms with van der Waals surface area (Å²) in [6.45, 7) is 9.84. The maximum atomic E-state index is 14.2. The standard InChI is InChI=1S/C28H28F3N5O3S/c1-5-39-26(38)17-36-15-22(27(33-36)28(29,30)31)19-10-7-6-9-18(19)21-14-35(25(37)11-8-12-34(3)4)16-23-20(21)13-24(32-2)40-23/h6-11,13,15,21H,5,12,14,16-17H2,1,3-4H3/b11-8+/t21-/m0/s1. The Labute approximate surface area is 234 Å². The number of esters is 1. The first-order valence-corrected chi connectivity index (χ1v) is 13.3. The van der Waals surface area contributed by atoms with E-state index in [9.17, 15) is 22.8 Å². The number of amides is 1. The van der Waals surface area contributed by atoms with Gasteiger partial charge >= 0.3 is 12.1 Å². The van der Waals surface area contributed by atoms with Crippen LogP contribution in [0.25, 0.3) is 16.0 Å². The zero-order valence-corrected chi connectivity index (χ0v) is 23.1. The molecule has 210 valence electrons. The fraction of sp³-hybridized carbons (Fsp3) is 0.357. The third kappa shape index (κ3) is 6.43. The van der Waals surface area contributed by atoms with Gasteiger partial charge in [0.2, 0.25) is 10.9 Å². The van der Waals surface area contributed by atoms with Gasteiger partial charge in [-0.3, -0.25) is 14.3 Å². The number of fused-ring (bicyclic) bond motifs is 1. The van der Waals surface area contributed by atoms with Crippen molar-refractivity contribution in [3.05, 3.63) is 81.8 Å². The van der Waals surface area contributed by atoms with Crippen molar-refractivity contribution in [2.45, 2.75) is 32.1 Å². The van der Waals surface area contributed by atoms with Crippen LogP contribution in [0, 0.1) is 6.57 Å². The van der Waals surface area contributed by atoms with Crippen LogP contribution in [0.2, 0.25) is 0 Å². The fourth-order valence-electron chi connectivity index (χ4n) is 4.66. The highest BCUT2D eigenvalue weighted by molar-refractivity contribution is 7.16. The number of carbonyl (C=O) groups is 2. The van der Waals surface area contributed by atoms with Gasteiger partial charge in [0.1, 0.15) is 6.54 Å². The number of carbonyl (C=O) groups excluding carboxylic acids is 2. The molecule has 0 saturated heterocycles. The summed E-state index contributed by atoms with van der Waals surface area (Å²) in [5, 5.41) is 4.14. The lowest BCUT2D eigenvalue weighted by atomic mass is 9.84. The summed E-state index contributed by atoms with van der Waals surface area (Å²) >= 11 is 1.28. The number of hydrogen-bond acceptors (Lipinski definition) is 6. The zero-order chi connectivity index (χ0) is 29.0. The molecule has 0 aliphatic carbocycles. The van der Waals surface area contributed by atoms with Gasteiger partial charge in [-0.1, -0.05) is 30.3 Å². The molecule has 1 aliphatic heterocycles. The molecule has 0 fully saturated rings. The highest BCUT2D eigenvalue weighted by Gasteiger charge is 2.39. The van der Waals surface area contributed by atoms with Crippen LogP contribution in [0.1, 0.15) is 34.5 Å². The quantitative estimate of drug-likeness (QED) is 0.208. The highest BCUT2D eigenvalue weighted by Crippen LogP contribution is 2.45. The molecule has 0 bridgehead atoms. The summed E-state index contributed by atoms with van der Waals surface area (Å²) in [6, 6.07) is 8.44. The summed E-state index contributed by atoms with van der Waals surface area (Å²) in [4.78, 5) is 33.0. The van der Waals surface area contributed by atoms with Crippen molar-refractivity contribution >= 4 is 28.2 Å². The SMILES string of the molecule is [C-]#[N+]c1cc2c(s1)CN(C(=O)/C=C/CN(C)C)C[C@H]2c1ccccc1-c1cn(CC(=O)OCC)nc1C(F)(F)F. The predicted octanol–water partition coefficient (Wildman–Crippen LogP) is 5.34. The van der Waals surface area contributed by atoms with Crippen LogP contribution < -0.4 is 0 Å². The maximum absolute atomic E-state index is 14.2. The first kappa shape index (κ1) is 29.0. The van der Waals surface area contributed by atoms with Gasteiger partial charge in [-0.2, -0.15) is 29.6 Å². The summed E-state index contributed by atoms with van der Waals surface area (Å²) in [7, 11) is 3.77. The van der Waals surface area contributed by atoms with Crippen molar-refractivity contribution in [1.29, 1.82) is 0 Å². The molecular formula is C28H28F3N5O3S. The van der Waals surface area contributed by atoms with Crippen molar-refractivity contribution in [2.24, 2.45) is 0 Å². The maximum Gasteiger partial charge on any atom is 0.435 e. The van der Waals surface area contributed by atoms with Crippen LogP contribution in [0.15, 0.2) is 48.7 Å². The number of alkyl halides is 3. The van der Waals surface area contributed by atoms with E-state index in [0.717, 1.165) is 15.1 Å². The van der Waals surface area contributed by atoms with E-state index in [2.05, 4.69) is 9.94 Å². The van der Waals surface area contributed by atoms with E-state index >= 15 is 0 Å². The van der Waals surface area contributed by atoms with E-state index in [1.165, 1.54) is 23.6 Å². The molecule has 3 heterocycles. The topological polar surface area (TPSA) is 72.0 Å². The molecule has 1 atom stereocenters. The fourth-order valence-corrected chi connectivity index (χ4v) is 5.68. The van der Waals surface area contributed by atoms with Crippen LogP contribution >= 0.6 is 11.3 Å². The monoisotopic (exact) mass is 571 g/mol. The Morgan fingerprint density at radius 1 is 1.25 bits per heavy atom. The number of thiophene rings is 1. The van der Waals surface area contributed by atoms with Crippen LogP contribution in [0.3, 0.4) is 0 Å². The lowest BCUT2D eigenvalue weighted by molar-refractivity contribution is -0.145. The van der Waals surface area contributed by atoms with Gasteiger partial charge in [-0.25, -0.2) is 4.85 Å². The highest BCUT2D eigenvalue weighted by atomic mass is 32.1. The number of benzene rings is 1. The number of likely N-dealkylation sites (N-methyl/N-ethyl adjacent to an activating group) is 1. The average Bonchev–Trinajstić information content (AvgIpc) is 3.52. The smallest absolute Gasteiger partial charge is 0.435 e. The Morgan fingerprint density at radius 2 is 2.00 bits per heavy atom.